The van der Waals surface area contributed by atoms with Gasteiger partial charge in [0.25, 0.3) is 0 Å². The molecular formula is C15H23NO2. The molecule has 3 rings (SSSR count). The summed E-state index contributed by atoms with van der Waals surface area (Å²) in [6, 6.07) is 2.16. The van der Waals surface area contributed by atoms with E-state index in [9.17, 15) is 5.11 Å². The molecule has 0 spiro atoms. The van der Waals surface area contributed by atoms with Crippen molar-refractivity contribution >= 4 is 0 Å². The topological polar surface area (TPSA) is 34.4 Å². The quantitative estimate of drug-likeness (QED) is 0.874. The largest absolute Gasteiger partial charge is 0.388 e. The molecule has 18 heavy (non-hydrogen) atoms. The lowest BCUT2D eigenvalue weighted by Crippen LogP contribution is -2.31. The van der Waals surface area contributed by atoms with E-state index in [2.05, 4.69) is 24.5 Å². The fourth-order valence-electron chi connectivity index (χ4n) is 3.46. The lowest BCUT2D eigenvalue weighted by molar-refractivity contribution is 0.00507. The molecule has 1 fully saturated rings. The van der Waals surface area contributed by atoms with Gasteiger partial charge in [0, 0.05) is 23.6 Å². The molecule has 2 aliphatic rings. The third-order valence-electron chi connectivity index (χ3n) is 4.49. The molecule has 0 bridgehead atoms. The SMILES string of the molecule is Cc1cc2c(n1CC1(C)CCCO1)CCCC2O. The van der Waals surface area contributed by atoms with Crippen LogP contribution in [-0.4, -0.2) is 21.9 Å². The molecule has 2 unspecified atom stereocenters. The van der Waals surface area contributed by atoms with Crippen LogP contribution in [-0.2, 0) is 17.7 Å². The summed E-state index contributed by atoms with van der Waals surface area (Å²) in [6.07, 6.45) is 5.14. The van der Waals surface area contributed by atoms with Gasteiger partial charge in [-0.25, -0.2) is 0 Å². The van der Waals surface area contributed by atoms with Crippen LogP contribution in [0.2, 0.25) is 0 Å². The first-order valence-corrected chi connectivity index (χ1v) is 7.10. The standard InChI is InChI=1S/C15H23NO2/c1-11-9-12-13(5-3-6-14(12)17)16(11)10-15(2)7-4-8-18-15/h9,14,17H,3-8,10H2,1-2H3. The summed E-state index contributed by atoms with van der Waals surface area (Å²) in [5.74, 6) is 0. The normalized spacial score (nSPS) is 31.6. The van der Waals surface area contributed by atoms with Crippen molar-refractivity contribution in [3.8, 4) is 0 Å². The smallest absolute Gasteiger partial charge is 0.0833 e. The molecule has 0 amide bonds. The monoisotopic (exact) mass is 249 g/mol. The summed E-state index contributed by atoms with van der Waals surface area (Å²) in [7, 11) is 0. The van der Waals surface area contributed by atoms with Crippen molar-refractivity contribution in [1.29, 1.82) is 0 Å². The molecular weight excluding hydrogens is 226 g/mol. The Morgan fingerprint density at radius 3 is 3.06 bits per heavy atom. The Morgan fingerprint density at radius 1 is 1.50 bits per heavy atom. The second kappa shape index (κ2) is 4.39. The highest BCUT2D eigenvalue weighted by Gasteiger charge is 2.32. The van der Waals surface area contributed by atoms with Gasteiger partial charge >= 0.3 is 0 Å². The summed E-state index contributed by atoms with van der Waals surface area (Å²) in [5, 5.41) is 10.1. The van der Waals surface area contributed by atoms with Crippen LogP contribution in [0, 0.1) is 6.92 Å². The number of ether oxygens (including phenoxy) is 1. The van der Waals surface area contributed by atoms with Gasteiger partial charge in [-0.05, 0) is 52.0 Å². The number of hydrogen-bond acceptors (Lipinski definition) is 2. The Morgan fingerprint density at radius 2 is 2.33 bits per heavy atom. The second-order valence-electron chi connectivity index (χ2n) is 6.08. The van der Waals surface area contributed by atoms with Crippen LogP contribution in [0.4, 0.5) is 0 Å². The molecule has 2 atom stereocenters. The van der Waals surface area contributed by atoms with Gasteiger partial charge in [-0.3, -0.25) is 0 Å². The van der Waals surface area contributed by atoms with Crippen molar-refractivity contribution in [2.24, 2.45) is 0 Å². The molecule has 1 aliphatic carbocycles. The first-order valence-electron chi connectivity index (χ1n) is 7.10. The van der Waals surface area contributed by atoms with Gasteiger partial charge < -0.3 is 14.4 Å². The third kappa shape index (κ3) is 1.99. The molecule has 1 N–H and O–H groups in total. The number of aryl methyl sites for hydroxylation is 1. The summed E-state index contributed by atoms with van der Waals surface area (Å²) in [6.45, 7) is 6.18. The van der Waals surface area contributed by atoms with E-state index in [-0.39, 0.29) is 11.7 Å². The molecule has 0 saturated carbocycles. The fourth-order valence-corrected chi connectivity index (χ4v) is 3.46. The lowest BCUT2D eigenvalue weighted by atomic mass is 9.95. The second-order valence-corrected chi connectivity index (χ2v) is 6.08. The van der Waals surface area contributed by atoms with Gasteiger partial charge in [-0.1, -0.05) is 0 Å². The van der Waals surface area contributed by atoms with Crippen LogP contribution >= 0.6 is 0 Å². The zero-order chi connectivity index (χ0) is 12.8. The van der Waals surface area contributed by atoms with E-state index in [1.807, 2.05) is 0 Å². The minimum Gasteiger partial charge on any atom is -0.388 e. The van der Waals surface area contributed by atoms with Crippen LogP contribution in [0.3, 0.4) is 0 Å². The maximum Gasteiger partial charge on any atom is 0.0833 e. The number of aliphatic hydroxyl groups excluding tert-OH is 1. The maximum atomic E-state index is 10.1. The van der Waals surface area contributed by atoms with Gasteiger partial charge in [0.1, 0.15) is 0 Å². The number of aromatic nitrogens is 1. The average Bonchev–Trinajstić information content (AvgIpc) is 2.88. The Bertz CT molecular complexity index is 444. The average molecular weight is 249 g/mol. The number of nitrogens with zero attached hydrogens (tertiary/aromatic N) is 1. The van der Waals surface area contributed by atoms with Crippen LogP contribution in [0.15, 0.2) is 6.07 Å². The number of fused-ring (bicyclic) bond motifs is 1. The first-order chi connectivity index (χ1) is 8.59. The van der Waals surface area contributed by atoms with E-state index in [4.69, 9.17) is 4.74 Å². The summed E-state index contributed by atoms with van der Waals surface area (Å²) in [4.78, 5) is 0. The lowest BCUT2D eigenvalue weighted by Gasteiger charge is -2.28. The first kappa shape index (κ1) is 12.2. The van der Waals surface area contributed by atoms with E-state index >= 15 is 0 Å². The van der Waals surface area contributed by atoms with E-state index in [1.165, 1.54) is 17.8 Å². The molecule has 0 aromatic carbocycles. The molecule has 0 radical (unpaired) electrons. The number of aliphatic hydroxyl groups is 1. The van der Waals surface area contributed by atoms with E-state index < -0.39 is 0 Å². The zero-order valence-electron chi connectivity index (χ0n) is 11.4. The van der Waals surface area contributed by atoms with Crippen LogP contribution < -0.4 is 0 Å². The van der Waals surface area contributed by atoms with Gasteiger partial charge in [-0.15, -0.1) is 0 Å². The minimum atomic E-state index is -0.258. The molecule has 3 heteroatoms. The van der Waals surface area contributed by atoms with E-state index in [0.29, 0.717) is 0 Å². The van der Waals surface area contributed by atoms with E-state index in [1.54, 1.807) is 0 Å². The van der Waals surface area contributed by atoms with Crippen molar-refractivity contribution in [2.75, 3.05) is 6.61 Å². The van der Waals surface area contributed by atoms with Gasteiger partial charge in [0.2, 0.25) is 0 Å². The molecule has 3 nitrogen and oxygen atoms in total. The maximum absolute atomic E-state index is 10.1. The number of rotatable bonds is 2. The van der Waals surface area contributed by atoms with Crippen molar-refractivity contribution in [3.63, 3.8) is 0 Å². The molecule has 1 aromatic rings. The molecule has 100 valence electrons. The van der Waals surface area contributed by atoms with Crippen LogP contribution in [0.1, 0.15) is 55.7 Å². The van der Waals surface area contributed by atoms with Crippen molar-refractivity contribution in [3.05, 3.63) is 23.0 Å². The predicted molar refractivity (Wildman–Crippen MR) is 70.7 cm³/mol. The summed E-state index contributed by atoms with van der Waals surface area (Å²) in [5.41, 5.74) is 3.74. The Labute approximate surface area is 109 Å². The zero-order valence-corrected chi connectivity index (χ0v) is 11.4. The molecule has 1 saturated heterocycles. The van der Waals surface area contributed by atoms with E-state index in [0.717, 1.165) is 44.4 Å². The predicted octanol–water partition coefficient (Wildman–Crippen LogP) is 2.74. The molecule has 1 aliphatic heterocycles. The van der Waals surface area contributed by atoms with Crippen molar-refractivity contribution in [1.82, 2.24) is 4.57 Å². The highest BCUT2D eigenvalue weighted by molar-refractivity contribution is 5.32. The van der Waals surface area contributed by atoms with Crippen molar-refractivity contribution in [2.45, 2.75) is 64.2 Å². The van der Waals surface area contributed by atoms with Gasteiger partial charge in [0.05, 0.1) is 18.2 Å². The van der Waals surface area contributed by atoms with Crippen LogP contribution in [0.25, 0.3) is 0 Å². The number of hydrogen-bond donors (Lipinski definition) is 1. The highest BCUT2D eigenvalue weighted by Crippen LogP contribution is 2.35. The van der Waals surface area contributed by atoms with Gasteiger partial charge in [0.15, 0.2) is 0 Å². The Kier molecular flexibility index (Phi) is 2.99. The summed E-state index contributed by atoms with van der Waals surface area (Å²) >= 11 is 0. The van der Waals surface area contributed by atoms with Crippen molar-refractivity contribution < 1.29 is 9.84 Å². The van der Waals surface area contributed by atoms with Crippen LogP contribution in [0.5, 0.6) is 0 Å². The minimum absolute atomic E-state index is 0.0139. The molecule has 1 aromatic heterocycles. The Balaban J connectivity index is 1.92. The molecule has 2 heterocycles. The Hall–Kier alpha value is -0.800. The fraction of sp³-hybridized carbons (Fsp3) is 0.733. The highest BCUT2D eigenvalue weighted by atomic mass is 16.5. The van der Waals surface area contributed by atoms with Gasteiger partial charge in [-0.2, -0.15) is 0 Å². The third-order valence-corrected chi connectivity index (χ3v) is 4.49. The summed E-state index contributed by atoms with van der Waals surface area (Å²) < 4.78 is 8.28.